The molecule has 88 valence electrons. The Morgan fingerprint density at radius 2 is 1.72 bits per heavy atom. The minimum Gasteiger partial charge on any atom is -0.194 e. The molecule has 0 aliphatic rings. The summed E-state index contributed by atoms with van der Waals surface area (Å²) < 4.78 is 2.30. The van der Waals surface area contributed by atoms with Gasteiger partial charge in [-0.2, -0.15) is 4.57 Å². The average Bonchev–Trinajstić information content (AvgIpc) is 2.40. The molecule has 1 heterocycles. The first-order valence-corrected chi connectivity index (χ1v) is 6.26. The van der Waals surface area contributed by atoms with Gasteiger partial charge in [0.25, 0.3) is 0 Å². The highest BCUT2D eigenvalue weighted by molar-refractivity contribution is 5.76. The Morgan fingerprint density at radius 3 is 2.56 bits per heavy atom. The van der Waals surface area contributed by atoms with Crippen molar-refractivity contribution in [1.82, 2.24) is 0 Å². The zero-order valence-corrected chi connectivity index (χ0v) is 10.5. The maximum atomic E-state index is 2.30. The van der Waals surface area contributed by atoms with Crippen LogP contribution in [-0.2, 0) is 6.54 Å². The fourth-order valence-electron chi connectivity index (χ4n) is 2.32. The molecule has 0 fully saturated rings. The van der Waals surface area contributed by atoms with Gasteiger partial charge in [-0.3, -0.25) is 0 Å². The summed E-state index contributed by atoms with van der Waals surface area (Å²) in [5.41, 5.74) is 3.92. The van der Waals surface area contributed by atoms with Crippen molar-refractivity contribution in [3.05, 3.63) is 78.0 Å². The monoisotopic (exact) mass is 234 g/mol. The van der Waals surface area contributed by atoms with Gasteiger partial charge in [0.15, 0.2) is 12.7 Å². The van der Waals surface area contributed by atoms with E-state index in [4.69, 9.17) is 0 Å². The molecule has 1 aromatic heterocycles. The van der Waals surface area contributed by atoms with Gasteiger partial charge in [0.05, 0.1) is 0 Å². The number of benzene rings is 2. The van der Waals surface area contributed by atoms with Gasteiger partial charge in [0, 0.05) is 23.1 Å². The van der Waals surface area contributed by atoms with Crippen LogP contribution in [0.25, 0.3) is 10.9 Å². The predicted molar refractivity (Wildman–Crippen MR) is 74.4 cm³/mol. The molecule has 18 heavy (non-hydrogen) atoms. The molecule has 0 amide bonds. The Morgan fingerprint density at radius 1 is 0.889 bits per heavy atom. The summed E-state index contributed by atoms with van der Waals surface area (Å²) in [5, 5.41) is 1.30. The summed E-state index contributed by atoms with van der Waals surface area (Å²) in [6.07, 6.45) is 2.14. The van der Waals surface area contributed by atoms with Crippen LogP contribution in [0.2, 0.25) is 0 Å². The van der Waals surface area contributed by atoms with Gasteiger partial charge in [-0.25, -0.2) is 0 Å². The second-order valence-corrected chi connectivity index (χ2v) is 4.68. The van der Waals surface area contributed by atoms with Gasteiger partial charge in [0.1, 0.15) is 0 Å². The molecule has 0 radical (unpaired) electrons. The number of hydrogen-bond donors (Lipinski definition) is 0. The number of hydrogen-bond acceptors (Lipinski definition) is 0. The van der Waals surface area contributed by atoms with Crippen LogP contribution in [0.15, 0.2) is 66.9 Å². The van der Waals surface area contributed by atoms with E-state index in [1.807, 2.05) is 0 Å². The van der Waals surface area contributed by atoms with Crippen LogP contribution in [0, 0.1) is 6.92 Å². The fourth-order valence-corrected chi connectivity index (χ4v) is 2.32. The van der Waals surface area contributed by atoms with Crippen LogP contribution in [0.4, 0.5) is 0 Å². The van der Waals surface area contributed by atoms with Crippen molar-refractivity contribution < 1.29 is 4.57 Å². The molecule has 0 saturated carbocycles. The van der Waals surface area contributed by atoms with E-state index >= 15 is 0 Å². The summed E-state index contributed by atoms with van der Waals surface area (Å²) in [7, 11) is 0. The number of rotatable bonds is 2. The first-order chi connectivity index (χ1) is 8.83. The second kappa shape index (κ2) is 4.61. The largest absolute Gasteiger partial charge is 0.212 e. The third-order valence-corrected chi connectivity index (χ3v) is 3.23. The summed E-state index contributed by atoms with van der Waals surface area (Å²) in [5.74, 6) is 0. The number of aromatic nitrogens is 1. The molecule has 0 aliphatic heterocycles. The molecule has 1 nitrogen and oxygen atoms in total. The first-order valence-electron chi connectivity index (χ1n) is 6.26. The average molecular weight is 234 g/mol. The summed E-state index contributed by atoms with van der Waals surface area (Å²) in [6, 6.07) is 21.5. The van der Waals surface area contributed by atoms with E-state index in [-0.39, 0.29) is 0 Å². The van der Waals surface area contributed by atoms with E-state index < -0.39 is 0 Å². The lowest BCUT2D eigenvalue weighted by Gasteiger charge is -2.02. The molecule has 0 bridgehead atoms. The Hall–Kier alpha value is -2.15. The van der Waals surface area contributed by atoms with Crippen molar-refractivity contribution in [2.45, 2.75) is 13.5 Å². The molecular weight excluding hydrogens is 218 g/mol. The maximum Gasteiger partial charge on any atom is 0.212 e. The van der Waals surface area contributed by atoms with E-state index in [1.54, 1.807) is 0 Å². The quantitative estimate of drug-likeness (QED) is 0.598. The van der Waals surface area contributed by atoms with E-state index in [0.29, 0.717) is 0 Å². The van der Waals surface area contributed by atoms with Crippen LogP contribution in [0.5, 0.6) is 0 Å². The summed E-state index contributed by atoms with van der Waals surface area (Å²) in [6.45, 7) is 3.05. The highest BCUT2D eigenvalue weighted by atomic mass is 14.9. The number of aryl methyl sites for hydroxylation is 1. The molecule has 0 saturated heterocycles. The van der Waals surface area contributed by atoms with Crippen molar-refractivity contribution in [3.63, 3.8) is 0 Å². The van der Waals surface area contributed by atoms with E-state index in [2.05, 4.69) is 78.4 Å². The van der Waals surface area contributed by atoms with Crippen LogP contribution in [0.1, 0.15) is 11.1 Å². The molecule has 0 N–H and O–H groups in total. The van der Waals surface area contributed by atoms with Crippen LogP contribution < -0.4 is 4.57 Å². The standard InChI is InChI=1S/C17H16N/c1-14-9-10-17-16(12-14)8-5-11-18(17)13-15-6-3-2-4-7-15/h2-12H,13H2,1H3/q+1. The van der Waals surface area contributed by atoms with E-state index in [0.717, 1.165) is 6.54 Å². The zero-order valence-electron chi connectivity index (χ0n) is 10.5. The fraction of sp³-hybridized carbons (Fsp3) is 0.118. The topological polar surface area (TPSA) is 3.88 Å². The molecule has 1 heteroatoms. The Kier molecular flexibility index (Phi) is 2.81. The number of nitrogens with zero attached hydrogens (tertiary/aromatic N) is 1. The third-order valence-electron chi connectivity index (χ3n) is 3.23. The van der Waals surface area contributed by atoms with E-state index in [1.165, 1.54) is 22.0 Å². The smallest absolute Gasteiger partial charge is 0.194 e. The normalized spacial score (nSPS) is 10.7. The van der Waals surface area contributed by atoms with E-state index in [9.17, 15) is 0 Å². The molecule has 3 rings (SSSR count). The van der Waals surface area contributed by atoms with Gasteiger partial charge in [-0.05, 0) is 19.1 Å². The van der Waals surface area contributed by atoms with Crippen molar-refractivity contribution in [2.24, 2.45) is 0 Å². The minimum absolute atomic E-state index is 0.918. The first kappa shape index (κ1) is 11.0. The second-order valence-electron chi connectivity index (χ2n) is 4.68. The molecule has 0 unspecified atom stereocenters. The maximum absolute atomic E-state index is 2.30. The van der Waals surface area contributed by atoms with Crippen LogP contribution in [0.3, 0.4) is 0 Å². The highest BCUT2D eigenvalue weighted by Crippen LogP contribution is 2.12. The Balaban J connectivity index is 2.07. The molecule has 2 aromatic carbocycles. The SMILES string of the molecule is Cc1ccc2c(ccc[n+]2Cc2ccccc2)c1. The molecule has 0 atom stereocenters. The van der Waals surface area contributed by atoms with Gasteiger partial charge in [-0.1, -0.05) is 42.0 Å². The van der Waals surface area contributed by atoms with Crippen LogP contribution in [-0.4, -0.2) is 0 Å². The molecule has 3 aromatic rings. The Bertz CT molecular complexity index is 672. The van der Waals surface area contributed by atoms with Crippen molar-refractivity contribution in [2.75, 3.05) is 0 Å². The lowest BCUT2D eigenvalue weighted by atomic mass is 10.1. The number of fused-ring (bicyclic) bond motifs is 1. The van der Waals surface area contributed by atoms with Gasteiger partial charge in [0.2, 0.25) is 5.52 Å². The molecular formula is C17H16N+. The lowest BCUT2D eigenvalue weighted by molar-refractivity contribution is -0.662. The van der Waals surface area contributed by atoms with Gasteiger partial charge < -0.3 is 0 Å². The van der Waals surface area contributed by atoms with Gasteiger partial charge in [-0.15, -0.1) is 0 Å². The summed E-state index contributed by atoms with van der Waals surface area (Å²) >= 11 is 0. The third kappa shape index (κ3) is 2.12. The zero-order chi connectivity index (χ0) is 12.4. The molecule has 0 spiro atoms. The van der Waals surface area contributed by atoms with Crippen molar-refractivity contribution in [1.29, 1.82) is 0 Å². The van der Waals surface area contributed by atoms with Crippen LogP contribution >= 0.6 is 0 Å². The lowest BCUT2D eigenvalue weighted by Crippen LogP contribution is -2.34. The summed E-state index contributed by atoms with van der Waals surface area (Å²) in [4.78, 5) is 0. The number of pyridine rings is 1. The van der Waals surface area contributed by atoms with Crippen molar-refractivity contribution in [3.8, 4) is 0 Å². The minimum atomic E-state index is 0.918. The predicted octanol–water partition coefficient (Wildman–Crippen LogP) is 3.48. The van der Waals surface area contributed by atoms with Gasteiger partial charge >= 0.3 is 0 Å². The Labute approximate surface area is 107 Å². The van der Waals surface area contributed by atoms with Crippen molar-refractivity contribution >= 4 is 10.9 Å². The highest BCUT2D eigenvalue weighted by Gasteiger charge is 2.08. The molecule has 0 aliphatic carbocycles.